The first kappa shape index (κ1) is 22.8. The maximum Gasteiger partial charge on any atom is 0.416 e. The first-order chi connectivity index (χ1) is 16.7. The molecule has 7 nitrogen and oxygen atoms in total. The van der Waals surface area contributed by atoms with Gasteiger partial charge in [-0.15, -0.1) is 0 Å². The highest BCUT2D eigenvalue weighted by Gasteiger charge is 2.30. The number of benzene rings is 2. The van der Waals surface area contributed by atoms with Gasteiger partial charge in [0.15, 0.2) is 5.69 Å². The minimum Gasteiger partial charge on any atom is -0.427 e. The van der Waals surface area contributed by atoms with Crippen molar-refractivity contribution in [1.82, 2.24) is 19.9 Å². The number of rotatable bonds is 7. The SMILES string of the molecule is Cc1cc(-c2nc(-c3ccc(C(F)(F)F)cc3)no2)nn1Cc1cccc(OC(=O)CC2CC2)c1. The van der Waals surface area contributed by atoms with E-state index in [9.17, 15) is 18.0 Å². The Balaban J connectivity index is 1.29. The van der Waals surface area contributed by atoms with Gasteiger partial charge >= 0.3 is 12.1 Å². The molecule has 10 heteroatoms. The van der Waals surface area contributed by atoms with E-state index in [4.69, 9.17) is 9.26 Å². The van der Waals surface area contributed by atoms with Crippen molar-refractivity contribution in [3.05, 3.63) is 71.4 Å². The number of aryl methyl sites for hydroxylation is 1. The number of esters is 1. The highest BCUT2D eigenvalue weighted by molar-refractivity contribution is 5.73. The van der Waals surface area contributed by atoms with E-state index in [-0.39, 0.29) is 17.7 Å². The molecule has 0 unspecified atom stereocenters. The maximum absolute atomic E-state index is 12.8. The van der Waals surface area contributed by atoms with Gasteiger partial charge in [-0.25, -0.2) is 0 Å². The fourth-order valence-electron chi connectivity index (χ4n) is 3.64. The predicted octanol–water partition coefficient (Wildman–Crippen LogP) is 5.68. The van der Waals surface area contributed by atoms with Crippen molar-refractivity contribution in [1.29, 1.82) is 0 Å². The van der Waals surface area contributed by atoms with Crippen molar-refractivity contribution in [3.63, 3.8) is 0 Å². The van der Waals surface area contributed by atoms with Gasteiger partial charge in [-0.1, -0.05) is 29.4 Å². The summed E-state index contributed by atoms with van der Waals surface area (Å²) in [6, 6.07) is 13.6. The van der Waals surface area contributed by atoms with Crippen LogP contribution in [0.2, 0.25) is 0 Å². The number of hydrogen-bond acceptors (Lipinski definition) is 6. The number of carbonyl (C=O) groups is 1. The Morgan fingerprint density at radius 3 is 2.63 bits per heavy atom. The summed E-state index contributed by atoms with van der Waals surface area (Å²) >= 11 is 0. The van der Waals surface area contributed by atoms with Gasteiger partial charge in [0.1, 0.15) is 5.75 Å². The summed E-state index contributed by atoms with van der Waals surface area (Å²) in [5.74, 6) is 1.06. The predicted molar refractivity (Wildman–Crippen MR) is 119 cm³/mol. The first-order valence-corrected chi connectivity index (χ1v) is 11.1. The number of alkyl halides is 3. The third-order valence-corrected chi connectivity index (χ3v) is 5.71. The van der Waals surface area contributed by atoms with E-state index >= 15 is 0 Å². The van der Waals surface area contributed by atoms with Gasteiger partial charge in [-0.3, -0.25) is 9.48 Å². The molecule has 1 fully saturated rings. The average molecular weight is 482 g/mol. The molecule has 1 saturated carbocycles. The number of nitrogens with zero attached hydrogens (tertiary/aromatic N) is 4. The quantitative estimate of drug-likeness (QED) is 0.249. The summed E-state index contributed by atoms with van der Waals surface area (Å²) < 4.78 is 50.9. The summed E-state index contributed by atoms with van der Waals surface area (Å²) in [7, 11) is 0. The second-order valence-electron chi connectivity index (χ2n) is 8.60. The fraction of sp³-hybridized carbons (Fsp3) is 0.280. The molecule has 1 aliphatic rings. The van der Waals surface area contributed by atoms with Crippen LogP contribution in [0.4, 0.5) is 13.2 Å². The minimum atomic E-state index is -4.41. The van der Waals surface area contributed by atoms with Crippen molar-refractivity contribution in [3.8, 4) is 28.7 Å². The van der Waals surface area contributed by atoms with Gasteiger partial charge in [-0.2, -0.15) is 23.3 Å². The molecule has 2 aromatic heterocycles. The van der Waals surface area contributed by atoms with Crippen LogP contribution in [0, 0.1) is 12.8 Å². The van der Waals surface area contributed by atoms with Crippen molar-refractivity contribution >= 4 is 5.97 Å². The molecule has 1 aliphatic carbocycles. The fourth-order valence-corrected chi connectivity index (χ4v) is 3.64. The number of ether oxygens (including phenoxy) is 1. The summed E-state index contributed by atoms with van der Waals surface area (Å²) in [6.07, 6.45) is -1.79. The Hall–Kier alpha value is -3.95. The van der Waals surface area contributed by atoms with Gasteiger partial charge in [0, 0.05) is 17.7 Å². The molecule has 0 amide bonds. The molecule has 0 spiro atoms. The zero-order valence-electron chi connectivity index (χ0n) is 18.7. The van der Waals surface area contributed by atoms with Crippen LogP contribution in [0.1, 0.15) is 36.1 Å². The van der Waals surface area contributed by atoms with E-state index < -0.39 is 11.7 Å². The van der Waals surface area contributed by atoms with Crippen LogP contribution in [0.5, 0.6) is 5.75 Å². The Kier molecular flexibility index (Phi) is 5.88. The summed E-state index contributed by atoms with van der Waals surface area (Å²) in [4.78, 5) is 16.3. The molecule has 0 radical (unpaired) electrons. The van der Waals surface area contributed by atoms with E-state index in [1.165, 1.54) is 12.1 Å². The van der Waals surface area contributed by atoms with E-state index in [0.717, 1.165) is 36.2 Å². The number of hydrogen-bond donors (Lipinski definition) is 0. The number of halogens is 3. The van der Waals surface area contributed by atoms with Crippen LogP contribution >= 0.6 is 0 Å². The summed E-state index contributed by atoms with van der Waals surface area (Å²) in [5, 5.41) is 8.41. The zero-order chi connectivity index (χ0) is 24.6. The molecule has 0 N–H and O–H groups in total. The number of aromatic nitrogens is 4. The minimum absolute atomic E-state index is 0.157. The van der Waals surface area contributed by atoms with Gasteiger partial charge in [-0.05, 0) is 61.6 Å². The lowest BCUT2D eigenvalue weighted by molar-refractivity contribution is -0.137. The van der Waals surface area contributed by atoms with E-state index in [1.54, 1.807) is 22.9 Å². The summed E-state index contributed by atoms with van der Waals surface area (Å²) in [5.41, 5.74) is 1.83. The van der Waals surface area contributed by atoms with Gasteiger partial charge in [0.25, 0.3) is 5.89 Å². The van der Waals surface area contributed by atoms with Crippen molar-refractivity contribution in [2.24, 2.45) is 5.92 Å². The van der Waals surface area contributed by atoms with Crippen LogP contribution in [0.25, 0.3) is 23.0 Å². The van der Waals surface area contributed by atoms with Crippen LogP contribution in [-0.2, 0) is 17.5 Å². The third kappa shape index (κ3) is 5.42. The smallest absolute Gasteiger partial charge is 0.416 e. The Morgan fingerprint density at radius 2 is 1.91 bits per heavy atom. The molecule has 0 atom stereocenters. The van der Waals surface area contributed by atoms with Crippen LogP contribution in [0.15, 0.2) is 59.1 Å². The number of carbonyl (C=O) groups excluding carboxylic acids is 1. The lowest BCUT2D eigenvalue weighted by atomic mass is 10.1. The van der Waals surface area contributed by atoms with Crippen LogP contribution < -0.4 is 4.74 Å². The highest BCUT2D eigenvalue weighted by atomic mass is 19.4. The second-order valence-corrected chi connectivity index (χ2v) is 8.60. The Labute approximate surface area is 198 Å². The van der Waals surface area contributed by atoms with E-state index in [1.807, 2.05) is 19.1 Å². The molecule has 5 rings (SSSR count). The molecule has 0 saturated heterocycles. The largest absolute Gasteiger partial charge is 0.427 e. The van der Waals surface area contributed by atoms with Crippen molar-refractivity contribution in [2.45, 2.75) is 38.9 Å². The highest BCUT2D eigenvalue weighted by Crippen LogP contribution is 2.33. The van der Waals surface area contributed by atoms with Gasteiger partial charge < -0.3 is 9.26 Å². The lowest BCUT2D eigenvalue weighted by Gasteiger charge is -2.08. The first-order valence-electron chi connectivity index (χ1n) is 11.1. The molecular weight excluding hydrogens is 461 g/mol. The third-order valence-electron chi connectivity index (χ3n) is 5.71. The standard InChI is InChI=1S/C25H21F3N4O3/c1-15-11-21(24-29-23(31-35-24)18-7-9-19(10-8-18)25(26,27)28)30-32(15)14-17-3-2-4-20(12-17)34-22(33)13-16-5-6-16/h2-4,7-12,16H,5-6,13-14H2,1H3. The Morgan fingerprint density at radius 1 is 1.14 bits per heavy atom. The summed E-state index contributed by atoms with van der Waals surface area (Å²) in [6.45, 7) is 2.31. The molecule has 180 valence electrons. The molecule has 2 heterocycles. The second kappa shape index (κ2) is 9.01. The zero-order valence-corrected chi connectivity index (χ0v) is 18.7. The average Bonchev–Trinajstić information content (AvgIpc) is 3.35. The van der Waals surface area contributed by atoms with E-state index in [2.05, 4.69) is 15.2 Å². The normalized spacial score (nSPS) is 13.7. The molecule has 2 aromatic carbocycles. The monoisotopic (exact) mass is 482 g/mol. The van der Waals surface area contributed by atoms with Crippen molar-refractivity contribution in [2.75, 3.05) is 0 Å². The lowest BCUT2D eigenvalue weighted by Crippen LogP contribution is -2.09. The molecule has 35 heavy (non-hydrogen) atoms. The maximum atomic E-state index is 12.8. The van der Waals surface area contributed by atoms with Gasteiger partial charge in [0.05, 0.1) is 12.1 Å². The molecule has 0 bridgehead atoms. The molecular formula is C25H21F3N4O3. The van der Waals surface area contributed by atoms with E-state index in [0.29, 0.717) is 35.9 Å². The van der Waals surface area contributed by atoms with Crippen LogP contribution in [0.3, 0.4) is 0 Å². The molecule has 4 aromatic rings. The van der Waals surface area contributed by atoms with Crippen molar-refractivity contribution < 1.29 is 27.2 Å². The molecule has 0 aliphatic heterocycles. The topological polar surface area (TPSA) is 83.0 Å². The van der Waals surface area contributed by atoms with Crippen LogP contribution in [-0.4, -0.2) is 25.9 Å². The van der Waals surface area contributed by atoms with Gasteiger partial charge in [0.2, 0.25) is 5.82 Å². The Bertz CT molecular complexity index is 1360.